The Bertz CT molecular complexity index is 1180. The zero-order valence-electron chi connectivity index (χ0n) is 20.5. The van der Waals surface area contributed by atoms with Gasteiger partial charge in [-0.05, 0) is 54.8 Å². The highest BCUT2D eigenvalue weighted by Gasteiger charge is 2.21. The summed E-state index contributed by atoms with van der Waals surface area (Å²) in [5, 5.41) is 3.02. The largest absolute Gasteiger partial charge is 0.489 e. The number of hydrogen-bond donors (Lipinski definition) is 1. The summed E-state index contributed by atoms with van der Waals surface area (Å²) in [6, 6.07) is 18.1. The number of benzene rings is 2. The van der Waals surface area contributed by atoms with Gasteiger partial charge in [-0.25, -0.2) is 8.42 Å². The Morgan fingerprint density at radius 3 is 2.29 bits per heavy atom. The molecule has 1 unspecified atom stereocenters. The van der Waals surface area contributed by atoms with Gasteiger partial charge in [0.25, 0.3) is 0 Å². The van der Waals surface area contributed by atoms with Gasteiger partial charge in [-0.2, -0.15) is 4.31 Å². The number of carbonyl (C=O) groups excluding carboxylic acids is 1. The van der Waals surface area contributed by atoms with Crippen molar-refractivity contribution in [3.8, 4) is 5.75 Å². The first-order valence-electron chi connectivity index (χ1n) is 11.8. The normalized spacial score (nSPS) is 12.3. The van der Waals surface area contributed by atoms with Gasteiger partial charge in [0.2, 0.25) is 15.9 Å². The number of rotatable bonds is 12. The number of aryl methyl sites for hydroxylation is 1. The van der Waals surface area contributed by atoms with Crippen LogP contribution in [0.25, 0.3) is 0 Å². The van der Waals surface area contributed by atoms with Gasteiger partial charge in [0, 0.05) is 37.5 Å². The van der Waals surface area contributed by atoms with Gasteiger partial charge < -0.3 is 10.1 Å². The number of ether oxygens (including phenoxy) is 1. The maximum absolute atomic E-state index is 12.6. The number of carbonyl (C=O) groups is 1. The zero-order chi connectivity index (χ0) is 25.3. The average Bonchev–Trinajstić information content (AvgIpc) is 2.88. The van der Waals surface area contributed by atoms with Crippen molar-refractivity contribution < 1.29 is 17.9 Å². The van der Waals surface area contributed by atoms with Crippen LogP contribution in [0.3, 0.4) is 0 Å². The van der Waals surface area contributed by atoms with E-state index in [2.05, 4.69) is 10.3 Å². The molecule has 1 N–H and O–H groups in total. The van der Waals surface area contributed by atoms with E-state index >= 15 is 0 Å². The van der Waals surface area contributed by atoms with Crippen LogP contribution in [0.1, 0.15) is 49.9 Å². The summed E-state index contributed by atoms with van der Waals surface area (Å²) < 4.78 is 32.4. The fourth-order valence-electron chi connectivity index (χ4n) is 3.70. The Balaban J connectivity index is 1.48. The SMILES string of the molecule is CCN(CC)S(=O)(=O)c1ccc(CCC(=O)NC(C)c2ccc(OCc3cccnc3)cc2)cc1. The summed E-state index contributed by atoms with van der Waals surface area (Å²) in [6.45, 7) is 6.89. The predicted molar refractivity (Wildman–Crippen MR) is 136 cm³/mol. The molecule has 1 aromatic heterocycles. The molecule has 186 valence electrons. The summed E-state index contributed by atoms with van der Waals surface area (Å²) in [5.74, 6) is 0.692. The second-order valence-electron chi connectivity index (χ2n) is 8.24. The Kier molecular flexibility index (Phi) is 9.39. The van der Waals surface area contributed by atoms with Gasteiger partial charge in [-0.1, -0.05) is 44.2 Å². The van der Waals surface area contributed by atoms with Crippen molar-refractivity contribution in [3.63, 3.8) is 0 Å². The van der Waals surface area contributed by atoms with E-state index in [0.29, 0.717) is 32.5 Å². The van der Waals surface area contributed by atoms with E-state index in [1.54, 1.807) is 36.7 Å². The molecule has 0 aliphatic rings. The summed E-state index contributed by atoms with van der Waals surface area (Å²) in [4.78, 5) is 16.8. The van der Waals surface area contributed by atoms with E-state index in [9.17, 15) is 13.2 Å². The highest BCUT2D eigenvalue weighted by atomic mass is 32.2. The molecule has 0 saturated carbocycles. The number of aromatic nitrogens is 1. The fraction of sp³-hybridized carbons (Fsp3) is 0.333. The monoisotopic (exact) mass is 495 g/mol. The van der Waals surface area contributed by atoms with Crippen LogP contribution in [-0.4, -0.2) is 36.7 Å². The van der Waals surface area contributed by atoms with Crippen molar-refractivity contribution in [1.29, 1.82) is 0 Å². The van der Waals surface area contributed by atoms with Gasteiger partial charge >= 0.3 is 0 Å². The van der Waals surface area contributed by atoms with Crippen LogP contribution >= 0.6 is 0 Å². The minimum Gasteiger partial charge on any atom is -0.489 e. The van der Waals surface area contributed by atoms with Crippen LogP contribution in [0.2, 0.25) is 0 Å². The van der Waals surface area contributed by atoms with Gasteiger partial charge in [0.1, 0.15) is 12.4 Å². The second kappa shape index (κ2) is 12.5. The molecule has 35 heavy (non-hydrogen) atoms. The molecule has 0 spiro atoms. The molecule has 0 radical (unpaired) electrons. The summed E-state index contributed by atoms with van der Waals surface area (Å²) in [7, 11) is -3.47. The third-order valence-corrected chi connectivity index (χ3v) is 7.86. The van der Waals surface area contributed by atoms with Crippen LogP contribution < -0.4 is 10.1 Å². The summed E-state index contributed by atoms with van der Waals surface area (Å²) in [6.07, 6.45) is 4.35. The third-order valence-electron chi connectivity index (χ3n) is 5.79. The first kappa shape index (κ1) is 26.4. The quantitative estimate of drug-likeness (QED) is 0.400. The lowest BCUT2D eigenvalue weighted by molar-refractivity contribution is -0.121. The smallest absolute Gasteiger partial charge is 0.243 e. The zero-order valence-corrected chi connectivity index (χ0v) is 21.3. The summed E-state index contributed by atoms with van der Waals surface area (Å²) in [5.41, 5.74) is 2.90. The molecule has 1 heterocycles. The molecule has 1 atom stereocenters. The molecule has 0 fully saturated rings. The van der Waals surface area contributed by atoms with E-state index in [1.165, 1.54) is 4.31 Å². The van der Waals surface area contributed by atoms with Crippen molar-refractivity contribution in [2.24, 2.45) is 0 Å². The van der Waals surface area contributed by atoms with Crippen molar-refractivity contribution in [2.45, 2.75) is 51.2 Å². The van der Waals surface area contributed by atoms with E-state index in [1.807, 2.05) is 57.2 Å². The number of amides is 1. The van der Waals surface area contributed by atoms with Gasteiger partial charge in [-0.3, -0.25) is 9.78 Å². The van der Waals surface area contributed by atoms with Gasteiger partial charge in [0.15, 0.2) is 0 Å². The Hall–Kier alpha value is -3.23. The van der Waals surface area contributed by atoms with E-state index in [-0.39, 0.29) is 16.8 Å². The molecular weight excluding hydrogens is 462 g/mol. The summed E-state index contributed by atoms with van der Waals surface area (Å²) >= 11 is 0. The maximum Gasteiger partial charge on any atom is 0.243 e. The van der Waals surface area contributed by atoms with Gasteiger partial charge in [0.05, 0.1) is 10.9 Å². The molecule has 0 aliphatic heterocycles. The minimum atomic E-state index is -3.47. The molecule has 1 amide bonds. The Morgan fingerprint density at radius 2 is 1.69 bits per heavy atom. The van der Waals surface area contributed by atoms with Crippen LogP contribution in [0, 0.1) is 0 Å². The molecule has 2 aromatic carbocycles. The second-order valence-corrected chi connectivity index (χ2v) is 10.2. The first-order chi connectivity index (χ1) is 16.8. The highest BCUT2D eigenvalue weighted by molar-refractivity contribution is 7.89. The van der Waals surface area contributed by atoms with Crippen LogP contribution in [0.4, 0.5) is 0 Å². The predicted octanol–water partition coefficient (Wildman–Crippen LogP) is 4.50. The topological polar surface area (TPSA) is 88.6 Å². The number of pyridine rings is 1. The van der Waals surface area contributed by atoms with Crippen LogP contribution in [0.5, 0.6) is 5.75 Å². The standard InChI is InChI=1S/C27H33N3O4S/c1-4-30(5-2)35(32,33)26-15-8-22(9-16-26)10-17-27(31)29-21(3)24-11-13-25(14-12-24)34-20-23-7-6-18-28-19-23/h6-9,11-16,18-19,21H,4-5,10,17,20H2,1-3H3,(H,29,31). The number of sulfonamides is 1. The lowest BCUT2D eigenvalue weighted by Gasteiger charge is -2.18. The molecule has 0 bridgehead atoms. The van der Waals surface area contributed by atoms with Crippen LogP contribution in [0.15, 0.2) is 78.0 Å². The molecule has 0 saturated heterocycles. The maximum atomic E-state index is 12.6. The van der Waals surface area contributed by atoms with Crippen molar-refractivity contribution in [1.82, 2.24) is 14.6 Å². The molecule has 0 aliphatic carbocycles. The molecule has 3 rings (SSSR count). The highest BCUT2D eigenvalue weighted by Crippen LogP contribution is 2.20. The lowest BCUT2D eigenvalue weighted by Crippen LogP contribution is -2.30. The van der Waals surface area contributed by atoms with E-state index in [0.717, 1.165) is 22.4 Å². The number of nitrogens with one attached hydrogen (secondary N) is 1. The number of hydrogen-bond acceptors (Lipinski definition) is 5. The lowest BCUT2D eigenvalue weighted by atomic mass is 10.1. The van der Waals surface area contributed by atoms with Gasteiger partial charge in [-0.15, -0.1) is 0 Å². The van der Waals surface area contributed by atoms with Crippen LogP contribution in [-0.2, 0) is 27.8 Å². The first-order valence-corrected chi connectivity index (χ1v) is 13.3. The number of nitrogens with zero attached hydrogens (tertiary/aromatic N) is 2. The Morgan fingerprint density at radius 1 is 1.00 bits per heavy atom. The van der Waals surface area contributed by atoms with E-state index in [4.69, 9.17) is 4.74 Å². The molecule has 3 aromatic rings. The van der Waals surface area contributed by atoms with Crippen molar-refractivity contribution in [3.05, 3.63) is 89.7 Å². The third kappa shape index (κ3) is 7.37. The Labute approximate surface area is 208 Å². The minimum absolute atomic E-state index is 0.0609. The molecule has 7 nitrogen and oxygen atoms in total. The molecular formula is C27H33N3O4S. The van der Waals surface area contributed by atoms with Crippen molar-refractivity contribution in [2.75, 3.05) is 13.1 Å². The van der Waals surface area contributed by atoms with Crippen molar-refractivity contribution >= 4 is 15.9 Å². The van der Waals surface area contributed by atoms with E-state index < -0.39 is 10.0 Å². The average molecular weight is 496 g/mol. The fourth-order valence-corrected chi connectivity index (χ4v) is 5.16. The molecule has 8 heteroatoms.